The molecule has 1 atom stereocenters. The summed E-state index contributed by atoms with van der Waals surface area (Å²) in [6.07, 6.45) is 3.27. The van der Waals surface area contributed by atoms with Gasteiger partial charge in [0.15, 0.2) is 0 Å². The summed E-state index contributed by atoms with van der Waals surface area (Å²) < 4.78 is 10.8. The number of methoxy groups -OCH3 is 1. The number of anilines is 1. The van der Waals surface area contributed by atoms with E-state index in [2.05, 4.69) is 0 Å². The summed E-state index contributed by atoms with van der Waals surface area (Å²) in [6, 6.07) is 7.56. The van der Waals surface area contributed by atoms with Crippen molar-refractivity contribution in [2.24, 2.45) is 5.73 Å². The maximum Gasteiger partial charge on any atom is 0.229 e. The topological polar surface area (TPSA) is 64.8 Å². The molecule has 1 aliphatic heterocycles. The molecule has 1 aromatic carbocycles. The fourth-order valence-electron chi connectivity index (χ4n) is 2.54. The molecule has 0 aliphatic carbocycles. The van der Waals surface area contributed by atoms with Gasteiger partial charge in [-0.15, -0.1) is 0 Å². The molecular formula is C16H24N2O3. The maximum absolute atomic E-state index is 12.6. The standard InChI is InChI=1S/C16H24N2O3/c1-20-14-6-2-5-13(11-14)18(9-4-8-17)16(19)12-15-7-3-10-21-15/h2,5-6,11,15H,3-4,7-10,12,17H2,1H3. The van der Waals surface area contributed by atoms with Crippen molar-refractivity contribution < 1.29 is 14.3 Å². The molecule has 1 aliphatic rings. The molecule has 0 saturated carbocycles. The van der Waals surface area contributed by atoms with Gasteiger partial charge in [0.05, 0.1) is 19.6 Å². The van der Waals surface area contributed by atoms with Gasteiger partial charge in [-0.2, -0.15) is 0 Å². The third-order valence-electron chi connectivity index (χ3n) is 3.68. The Morgan fingerprint density at radius 3 is 3.05 bits per heavy atom. The Hall–Kier alpha value is -1.59. The lowest BCUT2D eigenvalue weighted by Crippen LogP contribution is -2.35. The second-order valence-corrected chi connectivity index (χ2v) is 5.23. The van der Waals surface area contributed by atoms with E-state index in [0.29, 0.717) is 19.5 Å². The van der Waals surface area contributed by atoms with Crippen LogP contribution in [0.3, 0.4) is 0 Å². The predicted molar refractivity (Wildman–Crippen MR) is 82.6 cm³/mol. The van der Waals surface area contributed by atoms with Crippen LogP contribution in [0.5, 0.6) is 5.75 Å². The molecule has 1 fully saturated rings. The van der Waals surface area contributed by atoms with Crippen LogP contribution in [0, 0.1) is 0 Å². The van der Waals surface area contributed by atoms with Gasteiger partial charge in [-0.05, 0) is 37.9 Å². The lowest BCUT2D eigenvalue weighted by Gasteiger charge is -2.24. The zero-order valence-corrected chi connectivity index (χ0v) is 12.6. The molecule has 1 unspecified atom stereocenters. The summed E-state index contributed by atoms with van der Waals surface area (Å²) in [4.78, 5) is 14.4. The molecule has 0 radical (unpaired) electrons. The molecule has 0 spiro atoms. The molecule has 5 nitrogen and oxygen atoms in total. The van der Waals surface area contributed by atoms with Gasteiger partial charge in [-0.3, -0.25) is 4.79 Å². The Morgan fingerprint density at radius 2 is 2.38 bits per heavy atom. The van der Waals surface area contributed by atoms with Crippen LogP contribution in [0.25, 0.3) is 0 Å². The minimum atomic E-state index is 0.0588. The van der Waals surface area contributed by atoms with Crippen molar-refractivity contribution >= 4 is 11.6 Å². The normalized spacial score (nSPS) is 17.7. The Morgan fingerprint density at radius 1 is 1.52 bits per heavy atom. The highest BCUT2D eigenvalue weighted by atomic mass is 16.5. The van der Waals surface area contributed by atoms with E-state index in [-0.39, 0.29) is 12.0 Å². The summed E-state index contributed by atoms with van der Waals surface area (Å²) >= 11 is 0. The third-order valence-corrected chi connectivity index (χ3v) is 3.68. The van der Waals surface area contributed by atoms with E-state index in [0.717, 1.165) is 37.3 Å². The van der Waals surface area contributed by atoms with Crippen molar-refractivity contribution in [3.8, 4) is 5.75 Å². The Kier molecular flexibility index (Phi) is 6.02. The number of amides is 1. The third kappa shape index (κ3) is 4.44. The van der Waals surface area contributed by atoms with Gasteiger partial charge < -0.3 is 20.1 Å². The lowest BCUT2D eigenvalue weighted by molar-refractivity contribution is -0.120. The number of rotatable bonds is 7. The van der Waals surface area contributed by atoms with Crippen LogP contribution in [0.1, 0.15) is 25.7 Å². The van der Waals surface area contributed by atoms with Crippen LogP contribution >= 0.6 is 0 Å². The molecule has 1 heterocycles. The maximum atomic E-state index is 12.6. The van der Waals surface area contributed by atoms with E-state index in [4.69, 9.17) is 15.2 Å². The molecule has 1 saturated heterocycles. The van der Waals surface area contributed by atoms with Crippen molar-refractivity contribution in [3.63, 3.8) is 0 Å². The van der Waals surface area contributed by atoms with E-state index in [1.807, 2.05) is 24.3 Å². The van der Waals surface area contributed by atoms with Crippen LogP contribution in [-0.2, 0) is 9.53 Å². The van der Waals surface area contributed by atoms with Gasteiger partial charge in [0.25, 0.3) is 0 Å². The van der Waals surface area contributed by atoms with Crippen molar-refractivity contribution in [2.45, 2.75) is 31.8 Å². The highest BCUT2D eigenvalue weighted by Gasteiger charge is 2.23. The lowest BCUT2D eigenvalue weighted by atomic mass is 10.1. The van der Waals surface area contributed by atoms with E-state index in [1.165, 1.54) is 0 Å². The largest absolute Gasteiger partial charge is 0.497 e. The van der Waals surface area contributed by atoms with Gasteiger partial charge >= 0.3 is 0 Å². The van der Waals surface area contributed by atoms with Crippen molar-refractivity contribution in [2.75, 3.05) is 31.7 Å². The Bertz CT molecular complexity index is 459. The van der Waals surface area contributed by atoms with Crippen molar-refractivity contribution in [3.05, 3.63) is 24.3 Å². The molecule has 2 rings (SSSR count). The summed E-state index contributed by atoms with van der Waals surface area (Å²) in [7, 11) is 1.62. The zero-order chi connectivity index (χ0) is 15.1. The number of ether oxygens (including phenoxy) is 2. The molecule has 1 amide bonds. The molecule has 2 N–H and O–H groups in total. The number of hydrogen-bond donors (Lipinski definition) is 1. The number of hydrogen-bond acceptors (Lipinski definition) is 4. The Balaban J connectivity index is 2.09. The smallest absolute Gasteiger partial charge is 0.229 e. The Labute approximate surface area is 126 Å². The van der Waals surface area contributed by atoms with Crippen LogP contribution in [0.15, 0.2) is 24.3 Å². The first-order chi connectivity index (χ1) is 10.2. The number of carbonyl (C=O) groups is 1. The minimum Gasteiger partial charge on any atom is -0.497 e. The molecule has 1 aromatic rings. The number of carbonyl (C=O) groups excluding carboxylic acids is 1. The predicted octanol–water partition coefficient (Wildman–Crippen LogP) is 1.95. The van der Waals surface area contributed by atoms with Crippen LogP contribution in [0.2, 0.25) is 0 Å². The fourth-order valence-corrected chi connectivity index (χ4v) is 2.54. The molecule has 0 bridgehead atoms. The molecule has 0 aromatic heterocycles. The zero-order valence-electron chi connectivity index (χ0n) is 12.6. The van der Waals surface area contributed by atoms with Gasteiger partial charge in [-0.25, -0.2) is 0 Å². The molecule has 21 heavy (non-hydrogen) atoms. The monoisotopic (exact) mass is 292 g/mol. The van der Waals surface area contributed by atoms with E-state index >= 15 is 0 Å². The second-order valence-electron chi connectivity index (χ2n) is 5.23. The average molecular weight is 292 g/mol. The van der Waals surface area contributed by atoms with Crippen molar-refractivity contribution in [1.29, 1.82) is 0 Å². The van der Waals surface area contributed by atoms with Crippen LogP contribution in [0.4, 0.5) is 5.69 Å². The quantitative estimate of drug-likeness (QED) is 0.834. The van der Waals surface area contributed by atoms with E-state index in [1.54, 1.807) is 12.0 Å². The molecule has 5 heteroatoms. The first-order valence-corrected chi connectivity index (χ1v) is 7.50. The van der Waals surface area contributed by atoms with Crippen LogP contribution < -0.4 is 15.4 Å². The number of nitrogens with zero attached hydrogens (tertiary/aromatic N) is 1. The summed E-state index contributed by atoms with van der Waals surface area (Å²) in [5.74, 6) is 0.832. The molecular weight excluding hydrogens is 268 g/mol. The highest BCUT2D eigenvalue weighted by Crippen LogP contribution is 2.24. The first-order valence-electron chi connectivity index (χ1n) is 7.50. The SMILES string of the molecule is COc1cccc(N(CCCN)C(=O)CC2CCCO2)c1. The average Bonchev–Trinajstić information content (AvgIpc) is 3.01. The van der Waals surface area contributed by atoms with Crippen LogP contribution in [-0.4, -0.2) is 38.8 Å². The minimum absolute atomic E-state index is 0.0588. The second kappa shape index (κ2) is 8.00. The summed E-state index contributed by atoms with van der Waals surface area (Å²) in [5.41, 5.74) is 6.44. The summed E-state index contributed by atoms with van der Waals surface area (Å²) in [6.45, 7) is 1.95. The van der Waals surface area contributed by atoms with Gasteiger partial charge in [0, 0.05) is 24.9 Å². The summed E-state index contributed by atoms with van der Waals surface area (Å²) in [5, 5.41) is 0. The fraction of sp³-hybridized carbons (Fsp3) is 0.562. The van der Waals surface area contributed by atoms with Crippen molar-refractivity contribution in [1.82, 2.24) is 0 Å². The highest BCUT2D eigenvalue weighted by molar-refractivity contribution is 5.93. The number of benzene rings is 1. The first kappa shape index (κ1) is 15.8. The van der Waals surface area contributed by atoms with Gasteiger partial charge in [0.1, 0.15) is 5.75 Å². The van der Waals surface area contributed by atoms with E-state index in [9.17, 15) is 4.79 Å². The number of nitrogens with two attached hydrogens (primary N) is 1. The van der Waals surface area contributed by atoms with Gasteiger partial charge in [0.2, 0.25) is 5.91 Å². The molecule has 116 valence electrons. The van der Waals surface area contributed by atoms with Gasteiger partial charge in [-0.1, -0.05) is 6.07 Å². The van der Waals surface area contributed by atoms with E-state index < -0.39 is 0 Å².